The monoisotopic (exact) mass is 447 g/mol. The van der Waals surface area contributed by atoms with E-state index in [1.54, 1.807) is 12.1 Å². The topological polar surface area (TPSA) is 84.8 Å². The summed E-state index contributed by atoms with van der Waals surface area (Å²) in [6.07, 6.45) is 2.28. The van der Waals surface area contributed by atoms with E-state index in [4.69, 9.17) is 9.47 Å². The van der Waals surface area contributed by atoms with Crippen LogP contribution in [0.15, 0.2) is 35.1 Å². The molecule has 0 saturated heterocycles. The summed E-state index contributed by atoms with van der Waals surface area (Å²) in [6, 6.07) is 4.54. The maximum Gasteiger partial charge on any atom is 0.413 e. The number of nitrogens with zero attached hydrogens (tertiary/aromatic N) is 3. The van der Waals surface area contributed by atoms with Gasteiger partial charge in [0.25, 0.3) is 0 Å². The Bertz CT molecular complexity index is 1090. The smallest absolute Gasteiger partial charge is 0.413 e. The van der Waals surface area contributed by atoms with Gasteiger partial charge in [0.05, 0.1) is 20.3 Å². The quantitative estimate of drug-likeness (QED) is 0.646. The second-order valence-electron chi connectivity index (χ2n) is 6.17. The number of hydrogen-bond donors (Lipinski definition) is 1. The van der Waals surface area contributed by atoms with Crippen molar-refractivity contribution in [2.75, 3.05) is 18.6 Å². The number of carbonyl (C=O) groups is 1. The summed E-state index contributed by atoms with van der Waals surface area (Å²) in [4.78, 5) is 21.5. The van der Waals surface area contributed by atoms with E-state index in [0.717, 1.165) is 4.90 Å². The van der Waals surface area contributed by atoms with E-state index in [2.05, 4.69) is 25.9 Å². The second-order valence-corrected chi connectivity index (χ2v) is 7.03. The van der Waals surface area contributed by atoms with Gasteiger partial charge < -0.3 is 14.6 Å². The van der Waals surface area contributed by atoms with Gasteiger partial charge >= 0.3 is 6.09 Å². The number of benzene rings is 1. The van der Waals surface area contributed by atoms with Crippen molar-refractivity contribution in [3.63, 3.8) is 0 Å². The zero-order chi connectivity index (χ0) is 19.8. The van der Waals surface area contributed by atoms with Gasteiger partial charge in [-0.1, -0.05) is 0 Å². The highest BCUT2D eigenvalue weighted by Crippen LogP contribution is 2.35. The first-order valence-corrected chi connectivity index (χ1v) is 9.20. The number of methoxy groups -OCH3 is 1. The van der Waals surface area contributed by atoms with Crippen molar-refractivity contribution < 1.29 is 23.8 Å². The number of rotatable bonds is 4. The van der Waals surface area contributed by atoms with E-state index < -0.39 is 11.9 Å². The Kier molecular flexibility index (Phi) is 4.76. The first-order valence-electron chi connectivity index (χ1n) is 8.41. The van der Waals surface area contributed by atoms with Gasteiger partial charge in [-0.2, -0.15) is 0 Å². The Morgan fingerprint density at radius 1 is 1.36 bits per heavy atom. The summed E-state index contributed by atoms with van der Waals surface area (Å²) in [5.74, 6) is 0.659. The Morgan fingerprint density at radius 2 is 2.18 bits per heavy atom. The predicted molar refractivity (Wildman–Crippen MR) is 104 cm³/mol. The lowest BCUT2D eigenvalue weighted by Crippen LogP contribution is -2.30. The lowest BCUT2D eigenvalue weighted by molar-refractivity contribution is 0.201. The highest BCUT2D eigenvalue weighted by Gasteiger charge is 2.26. The van der Waals surface area contributed by atoms with Crippen molar-refractivity contribution >= 4 is 38.6 Å². The van der Waals surface area contributed by atoms with Gasteiger partial charge in [-0.3, -0.25) is 4.90 Å². The van der Waals surface area contributed by atoms with E-state index in [-0.39, 0.29) is 17.9 Å². The molecule has 1 N–H and O–H groups in total. The second kappa shape index (κ2) is 7.23. The van der Waals surface area contributed by atoms with Crippen molar-refractivity contribution in [3.8, 4) is 11.6 Å². The average molecular weight is 448 g/mol. The van der Waals surface area contributed by atoms with Crippen LogP contribution in [0.5, 0.6) is 11.6 Å². The zero-order valence-electron chi connectivity index (χ0n) is 14.8. The molecule has 0 saturated carbocycles. The van der Waals surface area contributed by atoms with Gasteiger partial charge in [0, 0.05) is 51.3 Å². The van der Waals surface area contributed by atoms with Crippen LogP contribution in [0.1, 0.15) is 11.1 Å². The number of pyridine rings is 2. The summed E-state index contributed by atoms with van der Waals surface area (Å²) >= 11 is 3.41. The molecule has 3 heterocycles. The molecule has 0 fully saturated rings. The molecule has 9 heteroatoms. The molecule has 0 spiro atoms. The van der Waals surface area contributed by atoms with Crippen molar-refractivity contribution in [2.24, 2.45) is 0 Å². The Morgan fingerprint density at radius 3 is 2.93 bits per heavy atom. The summed E-state index contributed by atoms with van der Waals surface area (Å²) < 4.78 is 25.8. The first kappa shape index (κ1) is 18.4. The predicted octanol–water partition coefficient (Wildman–Crippen LogP) is 4.16. The fraction of sp³-hybridized carbons (Fsp3) is 0.211. The zero-order valence-corrected chi connectivity index (χ0v) is 16.4. The first-order chi connectivity index (χ1) is 13.5. The minimum Gasteiger partial charge on any atom is -0.493 e. The average Bonchev–Trinajstić information content (AvgIpc) is 3.17. The SMILES string of the molecule is COc1cc2c(Br)cnc(N(Cc3c(F)ccc4c3CCO4)C(=O)O)c2cn1. The van der Waals surface area contributed by atoms with Gasteiger partial charge in [-0.25, -0.2) is 19.2 Å². The molecule has 0 atom stereocenters. The summed E-state index contributed by atoms with van der Waals surface area (Å²) in [5, 5.41) is 11.0. The number of hydrogen-bond acceptors (Lipinski definition) is 5. The highest BCUT2D eigenvalue weighted by molar-refractivity contribution is 9.10. The lowest BCUT2D eigenvalue weighted by atomic mass is 10.0. The third-order valence-electron chi connectivity index (χ3n) is 4.63. The largest absolute Gasteiger partial charge is 0.493 e. The molecular formula is C19H15BrFN3O4. The number of aromatic nitrogens is 2. The van der Waals surface area contributed by atoms with Gasteiger partial charge in [0.1, 0.15) is 17.4 Å². The third kappa shape index (κ3) is 3.11. The fourth-order valence-corrected chi connectivity index (χ4v) is 3.70. The van der Waals surface area contributed by atoms with E-state index in [9.17, 15) is 14.3 Å². The minimum absolute atomic E-state index is 0.164. The van der Waals surface area contributed by atoms with Crippen molar-refractivity contribution in [1.82, 2.24) is 9.97 Å². The normalized spacial score (nSPS) is 12.5. The molecule has 0 bridgehead atoms. The molecule has 1 aliphatic rings. The maximum atomic E-state index is 14.5. The number of amides is 1. The summed E-state index contributed by atoms with van der Waals surface area (Å²) in [6.45, 7) is 0.255. The van der Waals surface area contributed by atoms with Gasteiger partial charge in [-0.05, 0) is 28.1 Å². The van der Waals surface area contributed by atoms with E-state index in [0.29, 0.717) is 45.5 Å². The van der Waals surface area contributed by atoms with Crippen molar-refractivity contribution in [1.29, 1.82) is 0 Å². The van der Waals surface area contributed by atoms with Crippen LogP contribution in [0.4, 0.5) is 15.0 Å². The minimum atomic E-state index is -1.25. The third-order valence-corrected chi connectivity index (χ3v) is 5.26. The molecule has 2 aromatic heterocycles. The van der Waals surface area contributed by atoms with Crippen LogP contribution in [-0.2, 0) is 13.0 Å². The van der Waals surface area contributed by atoms with Gasteiger partial charge in [-0.15, -0.1) is 0 Å². The lowest BCUT2D eigenvalue weighted by Gasteiger charge is -2.22. The molecule has 0 aliphatic carbocycles. The molecule has 1 aliphatic heterocycles. The number of fused-ring (bicyclic) bond motifs is 2. The number of carboxylic acid groups (broad SMARTS) is 1. The molecule has 0 radical (unpaired) electrons. The Hall–Kier alpha value is -2.94. The summed E-state index contributed by atoms with van der Waals surface area (Å²) in [7, 11) is 1.49. The van der Waals surface area contributed by atoms with Crippen LogP contribution in [0, 0.1) is 5.82 Å². The highest BCUT2D eigenvalue weighted by atomic mass is 79.9. The number of anilines is 1. The van der Waals surface area contributed by atoms with Crippen LogP contribution in [-0.4, -0.2) is 34.9 Å². The molecule has 0 unspecified atom stereocenters. The van der Waals surface area contributed by atoms with Crippen LogP contribution >= 0.6 is 15.9 Å². The summed E-state index contributed by atoms with van der Waals surface area (Å²) in [5.41, 5.74) is 0.976. The van der Waals surface area contributed by atoms with Gasteiger partial charge in [0.15, 0.2) is 0 Å². The molecule has 7 nitrogen and oxygen atoms in total. The molecule has 28 heavy (non-hydrogen) atoms. The van der Waals surface area contributed by atoms with Crippen LogP contribution in [0.25, 0.3) is 10.8 Å². The maximum absolute atomic E-state index is 14.5. The van der Waals surface area contributed by atoms with E-state index >= 15 is 0 Å². The van der Waals surface area contributed by atoms with Crippen molar-refractivity contribution in [2.45, 2.75) is 13.0 Å². The van der Waals surface area contributed by atoms with Crippen LogP contribution < -0.4 is 14.4 Å². The molecule has 144 valence electrons. The van der Waals surface area contributed by atoms with E-state index in [1.807, 2.05) is 0 Å². The molecule has 3 aromatic rings. The molecule has 4 rings (SSSR count). The van der Waals surface area contributed by atoms with Gasteiger partial charge in [0.2, 0.25) is 5.88 Å². The van der Waals surface area contributed by atoms with Crippen molar-refractivity contribution in [3.05, 3.63) is 52.0 Å². The molecule has 1 aromatic carbocycles. The number of halogens is 2. The molecule has 1 amide bonds. The number of ether oxygens (including phenoxy) is 2. The van der Waals surface area contributed by atoms with Crippen LogP contribution in [0.2, 0.25) is 0 Å². The fourth-order valence-electron chi connectivity index (χ4n) is 3.27. The van der Waals surface area contributed by atoms with Crippen LogP contribution in [0.3, 0.4) is 0 Å². The Labute approximate surface area is 167 Å². The Balaban J connectivity index is 1.84. The molecular weight excluding hydrogens is 433 g/mol. The van der Waals surface area contributed by atoms with E-state index in [1.165, 1.54) is 25.6 Å². The standard InChI is InChI=1S/C19H15BrFN3O4/c1-27-17-6-11-12(7-22-17)18(23-8-14(11)20)24(19(25)26)9-13-10-4-5-28-16(10)3-2-15(13)21/h2-3,6-8H,4-5,9H2,1H3,(H,25,26).